The third-order valence-electron chi connectivity index (χ3n) is 3.15. The summed E-state index contributed by atoms with van der Waals surface area (Å²) in [6, 6.07) is 14.3. The topological polar surface area (TPSA) is 28.0 Å². The standard InChI is InChI=1S/C18H21N3/c1-14-5-8-17(9-6-14)19-12-21(4)13-20-18-10-7-15(2)11-16(18)3/h5-13H,1-4H3. The molecule has 0 spiro atoms. The van der Waals surface area contributed by atoms with Crippen molar-refractivity contribution in [2.75, 3.05) is 7.05 Å². The molecule has 0 saturated carbocycles. The summed E-state index contributed by atoms with van der Waals surface area (Å²) in [5.74, 6) is 0. The Labute approximate surface area is 126 Å². The Morgan fingerprint density at radius 1 is 0.810 bits per heavy atom. The summed E-state index contributed by atoms with van der Waals surface area (Å²) in [7, 11) is 1.92. The Kier molecular flexibility index (Phi) is 4.88. The highest BCUT2D eigenvalue weighted by Gasteiger charge is 1.95. The molecule has 0 unspecified atom stereocenters. The molecule has 0 N–H and O–H groups in total. The van der Waals surface area contributed by atoms with Gasteiger partial charge in [-0.1, -0.05) is 35.4 Å². The largest absolute Gasteiger partial charge is 0.326 e. The number of benzene rings is 2. The molecule has 108 valence electrons. The third-order valence-corrected chi connectivity index (χ3v) is 3.15. The molecule has 2 aromatic rings. The second-order valence-electron chi connectivity index (χ2n) is 5.28. The predicted molar refractivity (Wildman–Crippen MR) is 91.2 cm³/mol. The van der Waals surface area contributed by atoms with Crippen LogP contribution in [0.2, 0.25) is 0 Å². The van der Waals surface area contributed by atoms with Crippen molar-refractivity contribution in [3.05, 3.63) is 59.2 Å². The molecule has 2 rings (SSSR count). The quantitative estimate of drug-likeness (QED) is 0.595. The van der Waals surface area contributed by atoms with E-state index in [4.69, 9.17) is 0 Å². The van der Waals surface area contributed by atoms with Crippen molar-refractivity contribution in [3.63, 3.8) is 0 Å². The minimum atomic E-state index is 0.937. The number of hydrogen-bond acceptors (Lipinski definition) is 2. The summed E-state index contributed by atoms with van der Waals surface area (Å²) in [4.78, 5) is 10.7. The van der Waals surface area contributed by atoms with E-state index in [9.17, 15) is 0 Å². The zero-order valence-corrected chi connectivity index (χ0v) is 13.0. The second kappa shape index (κ2) is 6.84. The second-order valence-corrected chi connectivity index (χ2v) is 5.28. The van der Waals surface area contributed by atoms with Gasteiger partial charge in [0.1, 0.15) is 0 Å². The van der Waals surface area contributed by atoms with Gasteiger partial charge in [0, 0.05) is 7.05 Å². The van der Waals surface area contributed by atoms with E-state index < -0.39 is 0 Å². The van der Waals surface area contributed by atoms with Crippen LogP contribution in [-0.2, 0) is 0 Å². The number of aliphatic imine (C=N–C) groups is 2. The molecule has 0 radical (unpaired) electrons. The summed E-state index contributed by atoms with van der Waals surface area (Å²) in [6.45, 7) is 6.22. The Morgan fingerprint density at radius 2 is 1.43 bits per heavy atom. The van der Waals surface area contributed by atoms with Crippen molar-refractivity contribution in [1.29, 1.82) is 0 Å². The van der Waals surface area contributed by atoms with Crippen molar-refractivity contribution in [2.45, 2.75) is 20.8 Å². The van der Waals surface area contributed by atoms with E-state index in [0.717, 1.165) is 11.4 Å². The van der Waals surface area contributed by atoms with Gasteiger partial charge in [-0.2, -0.15) is 0 Å². The van der Waals surface area contributed by atoms with Crippen LogP contribution in [0.1, 0.15) is 16.7 Å². The number of hydrogen-bond donors (Lipinski definition) is 0. The van der Waals surface area contributed by atoms with E-state index in [1.54, 1.807) is 12.7 Å². The maximum absolute atomic E-state index is 4.48. The average molecular weight is 279 g/mol. The monoisotopic (exact) mass is 279 g/mol. The van der Waals surface area contributed by atoms with E-state index >= 15 is 0 Å². The first-order valence-electron chi connectivity index (χ1n) is 6.99. The van der Waals surface area contributed by atoms with Gasteiger partial charge < -0.3 is 4.90 Å². The lowest BCUT2D eigenvalue weighted by atomic mass is 10.1. The maximum atomic E-state index is 4.48. The average Bonchev–Trinajstić information content (AvgIpc) is 2.46. The number of nitrogens with zero attached hydrogens (tertiary/aromatic N) is 3. The Morgan fingerprint density at radius 3 is 2.10 bits per heavy atom. The van der Waals surface area contributed by atoms with Gasteiger partial charge in [-0.3, -0.25) is 0 Å². The molecular weight excluding hydrogens is 258 g/mol. The summed E-state index contributed by atoms with van der Waals surface area (Å²) in [5.41, 5.74) is 5.58. The lowest BCUT2D eigenvalue weighted by molar-refractivity contribution is 0.802. The number of rotatable bonds is 4. The van der Waals surface area contributed by atoms with Crippen LogP contribution < -0.4 is 0 Å². The zero-order chi connectivity index (χ0) is 15.2. The molecule has 0 fully saturated rings. The van der Waals surface area contributed by atoms with Crippen molar-refractivity contribution < 1.29 is 0 Å². The predicted octanol–water partition coefficient (Wildman–Crippen LogP) is 4.56. The molecule has 21 heavy (non-hydrogen) atoms. The lowest BCUT2D eigenvalue weighted by Gasteiger charge is -2.06. The molecule has 0 amide bonds. The van der Waals surface area contributed by atoms with Crippen LogP contribution in [0.4, 0.5) is 11.4 Å². The first-order chi connectivity index (χ1) is 10.0. The van der Waals surface area contributed by atoms with Gasteiger partial charge in [-0.15, -0.1) is 0 Å². The fraction of sp³-hybridized carbons (Fsp3) is 0.222. The lowest BCUT2D eigenvalue weighted by Crippen LogP contribution is -2.12. The van der Waals surface area contributed by atoms with Crippen LogP contribution in [0.25, 0.3) is 0 Å². The highest BCUT2D eigenvalue weighted by atomic mass is 15.1. The van der Waals surface area contributed by atoms with Crippen molar-refractivity contribution in [3.8, 4) is 0 Å². The Bertz CT molecular complexity index is 655. The fourth-order valence-corrected chi connectivity index (χ4v) is 1.92. The van der Waals surface area contributed by atoms with Gasteiger partial charge in [0.05, 0.1) is 24.1 Å². The number of aryl methyl sites for hydroxylation is 3. The molecule has 0 saturated heterocycles. The summed E-state index contributed by atoms with van der Waals surface area (Å²) in [5, 5.41) is 0. The van der Waals surface area contributed by atoms with Gasteiger partial charge in [0.15, 0.2) is 0 Å². The van der Waals surface area contributed by atoms with E-state index in [1.807, 2.05) is 30.1 Å². The van der Waals surface area contributed by atoms with E-state index in [-0.39, 0.29) is 0 Å². The minimum absolute atomic E-state index is 0.937. The molecule has 0 bridgehead atoms. The van der Waals surface area contributed by atoms with Gasteiger partial charge in [-0.05, 0) is 44.5 Å². The normalized spacial score (nSPS) is 11.4. The maximum Gasteiger partial charge on any atom is 0.0961 e. The summed E-state index contributed by atoms with van der Waals surface area (Å²) >= 11 is 0. The molecule has 0 aliphatic heterocycles. The Hall–Kier alpha value is -2.42. The van der Waals surface area contributed by atoms with Crippen molar-refractivity contribution in [1.82, 2.24) is 4.90 Å². The fourth-order valence-electron chi connectivity index (χ4n) is 1.92. The van der Waals surface area contributed by atoms with Gasteiger partial charge in [-0.25, -0.2) is 9.98 Å². The van der Waals surface area contributed by atoms with Gasteiger partial charge in [0.2, 0.25) is 0 Å². The van der Waals surface area contributed by atoms with E-state index in [0.29, 0.717) is 0 Å². The molecule has 0 aliphatic rings. The molecule has 0 atom stereocenters. The van der Waals surface area contributed by atoms with Crippen molar-refractivity contribution >= 4 is 24.1 Å². The van der Waals surface area contributed by atoms with Crippen LogP contribution in [0.3, 0.4) is 0 Å². The smallest absolute Gasteiger partial charge is 0.0961 e. The SMILES string of the molecule is Cc1ccc(N=CN(C)C=Nc2ccc(C)cc2C)cc1. The van der Waals surface area contributed by atoms with Crippen LogP contribution in [-0.4, -0.2) is 24.6 Å². The van der Waals surface area contributed by atoms with Crippen LogP contribution in [0.15, 0.2) is 52.4 Å². The van der Waals surface area contributed by atoms with Crippen molar-refractivity contribution in [2.24, 2.45) is 9.98 Å². The summed E-state index contributed by atoms with van der Waals surface area (Å²) < 4.78 is 0. The molecule has 0 heterocycles. The van der Waals surface area contributed by atoms with Crippen LogP contribution in [0, 0.1) is 20.8 Å². The van der Waals surface area contributed by atoms with Crippen LogP contribution >= 0.6 is 0 Å². The molecule has 0 aromatic heterocycles. The molecule has 0 aliphatic carbocycles. The molecule has 2 aromatic carbocycles. The zero-order valence-electron chi connectivity index (χ0n) is 13.0. The third kappa shape index (κ3) is 4.56. The molecule has 3 nitrogen and oxygen atoms in total. The molecular formula is C18H21N3. The Balaban J connectivity index is 2.02. The highest BCUT2D eigenvalue weighted by Crippen LogP contribution is 2.18. The minimum Gasteiger partial charge on any atom is -0.326 e. The first kappa shape index (κ1) is 15.0. The highest BCUT2D eigenvalue weighted by molar-refractivity contribution is 5.78. The van der Waals surface area contributed by atoms with Gasteiger partial charge >= 0.3 is 0 Å². The van der Waals surface area contributed by atoms with Crippen LogP contribution in [0.5, 0.6) is 0 Å². The summed E-state index contributed by atoms with van der Waals surface area (Å²) in [6.07, 6.45) is 3.53. The van der Waals surface area contributed by atoms with E-state index in [2.05, 4.69) is 55.0 Å². The van der Waals surface area contributed by atoms with E-state index in [1.165, 1.54) is 16.7 Å². The first-order valence-corrected chi connectivity index (χ1v) is 6.99. The van der Waals surface area contributed by atoms with Gasteiger partial charge in [0.25, 0.3) is 0 Å². The molecule has 3 heteroatoms.